The van der Waals surface area contributed by atoms with Crippen molar-refractivity contribution in [2.75, 3.05) is 0 Å². The van der Waals surface area contributed by atoms with E-state index in [4.69, 9.17) is 0 Å². The van der Waals surface area contributed by atoms with Crippen LogP contribution in [0.3, 0.4) is 0 Å². The fourth-order valence-electron chi connectivity index (χ4n) is 1.20. The van der Waals surface area contributed by atoms with Crippen molar-refractivity contribution in [1.82, 2.24) is 4.98 Å². The van der Waals surface area contributed by atoms with Crippen LogP contribution in [0.25, 0.3) is 10.6 Å². The van der Waals surface area contributed by atoms with Crippen molar-refractivity contribution in [1.29, 1.82) is 0 Å². The van der Waals surface area contributed by atoms with E-state index in [1.807, 2.05) is 0 Å². The largest absolute Gasteiger partial charge is 0.294 e. The van der Waals surface area contributed by atoms with Gasteiger partial charge in [-0.25, -0.2) is 9.37 Å². The maximum Gasteiger partial charge on any atom is 0.171 e. The van der Waals surface area contributed by atoms with Crippen LogP contribution in [0.1, 0.15) is 16.6 Å². The predicted molar refractivity (Wildman–Crippen MR) is 57.5 cm³/mol. The van der Waals surface area contributed by atoms with Crippen LogP contribution in [0.4, 0.5) is 4.39 Å². The molecule has 0 N–H and O–H groups in total. The van der Waals surface area contributed by atoms with E-state index in [1.54, 1.807) is 18.2 Å². The van der Waals surface area contributed by atoms with E-state index in [1.165, 1.54) is 30.5 Å². The highest BCUT2D eigenvalue weighted by atomic mass is 32.1. The van der Waals surface area contributed by atoms with Crippen LogP contribution in [0, 0.1) is 5.82 Å². The molecule has 0 bridgehead atoms. The molecule has 1 aromatic heterocycles. The number of carbonyl (C=O) groups is 1. The monoisotopic (exact) mass is 221 g/mol. The molecule has 4 heteroatoms. The zero-order valence-electron chi connectivity index (χ0n) is 8.03. The lowest BCUT2D eigenvalue weighted by Crippen LogP contribution is -1.83. The highest BCUT2D eigenvalue weighted by Gasteiger charge is 2.10. The minimum atomic E-state index is -0.318. The molecule has 0 saturated heterocycles. The molecule has 2 aromatic rings. The Morgan fingerprint density at radius 1 is 1.40 bits per heavy atom. The molecule has 0 amide bonds. The first-order valence-electron chi connectivity index (χ1n) is 4.40. The summed E-state index contributed by atoms with van der Waals surface area (Å²) in [5.41, 5.74) is 0.440. The van der Waals surface area contributed by atoms with Gasteiger partial charge in [0.2, 0.25) is 0 Å². The predicted octanol–water partition coefficient (Wildman–Crippen LogP) is 3.15. The first-order valence-corrected chi connectivity index (χ1v) is 5.22. The Bertz CT molecular complexity index is 507. The van der Waals surface area contributed by atoms with Crippen LogP contribution in [0.5, 0.6) is 0 Å². The van der Waals surface area contributed by atoms with Gasteiger partial charge in [0.25, 0.3) is 0 Å². The van der Waals surface area contributed by atoms with Gasteiger partial charge in [0, 0.05) is 18.7 Å². The molecular formula is C11H8FNOS. The minimum Gasteiger partial charge on any atom is -0.294 e. The second kappa shape index (κ2) is 3.90. The van der Waals surface area contributed by atoms with Crippen molar-refractivity contribution >= 4 is 17.1 Å². The number of Topliss-reactive ketones (excluding diaryl/α,β-unsaturated/α-hetero) is 1. The first kappa shape index (κ1) is 9.98. The molecule has 76 valence electrons. The van der Waals surface area contributed by atoms with Gasteiger partial charge >= 0.3 is 0 Å². The molecule has 0 atom stereocenters. The average Bonchev–Trinajstić information content (AvgIpc) is 2.67. The summed E-state index contributed by atoms with van der Waals surface area (Å²) >= 11 is 1.21. The van der Waals surface area contributed by atoms with E-state index in [9.17, 15) is 9.18 Å². The molecule has 0 fully saturated rings. The van der Waals surface area contributed by atoms with Gasteiger partial charge in [0.15, 0.2) is 5.78 Å². The lowest BCUT2D eigenvalue weighted by atomic mass is 10.2. The van der Waals surface area contributed by atoms with Gasteiger partial charge in [0.05, 0.1) is 4.88 Å². The van der Waals surface area contributed by atoms with Crippen LogP contribution in [0.15, 0.2) is 30.5 Å². The number of nitrogens with zero attached hydrogens (tertiary/aromatic N) is 1. The SMILES string of the molecule is CC(=O)c1cnc(-c2ccccc2F)s1. The molecule has 0 aliphatic rings. The van der Waals surface area contributed by atoms with Gasteiger partial charge in [-0.3, -0.25) is 4.79 Å². The summed E-state index contributed by atoms with van der Waals surface area (Å²) in [7, 11) is 0. The Hall–Kier alpha value is -1.55. The zero-order valence-corrected chi connectivity index (χ0v) is 8.84. The van der Waals surface area contributed by atoms with Crippen molar-refractivity contribution in [3.05, 3.63) is 41.2 Å². The Morgan fingerprint density at radius 2 is 2.13 bits per heavy atom. The van der Waals surface area contributed by atoms with Gasteiger partial charge in [-0.2, -0.15) is 0 Å². The standard InChI is InChI=1S/C11H8FNOS/c1-7(14)10-6-13-11(15-10)8-4-2-3-5-9(8)12/h2-6H,1H3. The van der Waals surface area contributed by atoms with Crippen LogP contribution < -0.4 is 0 Å². The maximum atomic E-state index is 13.4. The summed E-state index contributed by atoms with van der Waals surface area (Å²) in [5.74, 6) is -0.364. The van der Waals surface area contributed by atoms with Gasteiger partial charge in [-0.1, -0.05) is 12.1 Å². The molecular weight excluding hydrogens is 213 g/mol. The first-order chi connectivity index (χ1) is 7.18. The van der Waals surface area contributed by atoms with Crippen molar-refractivity contribution in [2.24, 2.45) is 0 Å². The Kier molecular flexibility index (Phi) is 2.60. The van der Waals surface area contributed by atoms with E-state index in [2.05, 4.69) is 4.98 Å². The second-order valence-electron chi connectivity index (χ2n) is 3.07. The zero-order chi connectivity index (χ0) is 10.8. The van der Waals surface area contributed by atoms with E-state index in [-0.39, 0.29) is 11.6 Å². The fourth-order valence-corrected chi connectivity index (χ4v) is 2.03. The van der Waals surface area contributed by atoms with Crippen molar-refractivity contribution < 1.29 is 9.18 Å². The molecule has 0 unspecified atom stereocenters. The molecule has 2 nitrogen and oxygen atoms in total. The van der Waals surface area contributed by atoms with Gasteiger partial charge < -0.3 is 0 Å². The lowest BCUT2D eigenvalue weighted by molar-refractivity contribution is 0.102. The maximum absolute atomic E-state index is 13.4. The highest BCUT2D eigenvalue weighted by Crippen LogP contribution is 2.27. The Labute approximate surface area is 90.4 Å². The number of rotatable bonds is 2. The molecule has 0 aliphatic heterocycles. The number of hydrogen-bond donors (Lipinski definition) is 0. The molecule has 0 aliphatic carbocycles. The molecule has 0 radical (unpaired) electrons. The molecule has 0 saturated carbocycles. The van der Waals surface area contributed by atoms with Crippen molar-refractivity contribution in [2.45, 2.75) is 6.92 Å². The summed E-state index contributed by atoms with van der Waals surface area (Å²) in [6.07, 6.45) is 1.48. The number of carbonyl (C=O) groups excluding carboxylic acids is 1. The van der Waals surface area contributed by atoms with Crippen LogP contribution >= 0.6 is 11.3 Å². The summed E-state index contributed by atoms with van der Waals surface area (Å²) in [5, 5.41) is 0.540. The van der Waals surface area contributed by atoms with Crippen LogP contribution in [0.2, 0.25) is 0 Å². The van der Waals surface area contributed by atoms with E-state index < -0.39 is 0 Å². The highest BCUT2D eigenvalue weighted by molar-refractivity contribution is 7.16. The smallest absolute Gasteiger partial charge is 0.171 e. The topological polar surface area (TPSA) is 30.0 Å². The van der Waals surface area contributed by atoms with Gasteiger partial charge in [-0.05, 0) is 12.1 Å². The Balaban J connectivity index is 2.46. The van der Waals surface area contributed by atoms with Crippen molar-refractivity contribution in [3.8, 4) is 10.6 Å². The van der Waals surface area contributed by atoms with Crippen LogP contribution in [-0.2, 0) is 0 Å². The molecule has 0 spiro atoms. The molecule has 1 aromatic carbocycles. The fraction of sp³-hybridized carbons (Fsp3) is 0.0909. The molecule has 1 heterocycles. The number of halogens is 1. The molecule has 15 heavy (non-hydrogen) atoms. The van der Waals surface area contributed by atoms with E-state index >= 15 is 0 Å². The summed E-state index contributed by atoms with van der Waals surface area (Å²) in [6.45, 7) is 1.47. The minimum absolute atomic E-state index is 0.0462. The number of aromatic nitrogens is 1. The van der Waals surface area contributed by atoms with Gasteiger partial charge in [0.1, 0.15) is 10.8 Å². The third kappa shape index (κ3) is 1.94. The molecule has 2 rings (SSSR count). The van der Waals surface area contributed by atoms with Crippen molar-refractivity contribution in [3.63, 3.8) is 0 Å². The second-order valence-corrected chi connectivity index (χ2v) is 4.10. The normalized spacial score (nSPS) is 10.3. The summed E-state index contributed by atoms with van der Waals surface area (Å²) in [4.78, 5) is 15.6. The Morgan fingerprint density at radius 3 is 2.73 bits per heavy atom. The third-order valence-corrected chi connectivity index (χ3v) is 3.09. The number of thiazole rings is 1. The average molecular weight is 221 g/mol. The van der Waals surface area contributed by atoms with E-state index in [0.717, 1.165) is 0 Å². The third-order valence-electron chi connectivity index (χ3n) is 1.96. The lowest BCUT2D eigenvalue weighted by Gasteiger charge is -1.96. The van der Waals surface area contributed by atoms with Gasteiger partial charge in [-0.15, -0.1) is 11.3 Å². The van der Waals surface area contributed by atoms with Crippen LogP contribution in [-0.4, -0.2) is 10.8 Å². The van der Waals surface area contributed by atoms with E-state index in [0.29, 0.717) is 15.4 Å². The summed E-state index contributed by atoms with van der Waals surface area (Å²) in [6, 6.07) is 6.40. The number of ketones is 1. The number of benzene rings is 1. The summed E-state index contributed by atoms with van der Waals surface area (Å²) < 4.78 is 13.4. The quantitative estimate of drug-likeness (QED) is 0.729. The number of hydrogen-bond acceptors (Lipinski definition) is 3.